The highest BCUT2D eigenvalue weighted by atomic mass is 32.1. The second kappa shape index (κ2) is 8.47. The van der Waals surface area contributed by atoms with Gasteiger partial charge in [-0.25, -0.2) is 0 Å². The van der Waals surface area contributed by atoms with Crippen LogP contribution in [0.1, 0.15) is 51.8 Å². The lowest BCUT2D eigenvalue weighted by atomic mass is 9.96. The molecule has 0 spiro atoms. The predicted molar refractivity (Wildman–Crippen MR) is 104 cm³/mol. The highest BCUT2D eigenvalue weighted by Gasteiger charge is 2.29. The number of amides is 2. The topological polar surface area (TPSA) is 75.4 Å². The third kappa shape index (κ3) is 4.31. The van der Waals surface area contributed by atoms with Crippen molar-refractivity contribution in [3.8, 4) is 0 Å². The number of carbonyl (C=O) groups excluding carboxylic acids is 2. The van der Waals surface area contributed by atoms with Gasteiger partial charge in [0.25, 0.3) is 11.8 Å². The Morgan fingerprint density at radius 3 is 2.69 bits per heavy atom. The molecule has 26 heavy (non-hydrogen) atoms. The molecule has 5 nitrogen and oxygen atoms in total. The van der Waals surface area contributed by atoms with Gasteiger partial charge in [0, 0.05) is 30.7 Å². The molecule has 2 atom stereocenters. The molecule has 2 aromatic rings. The van der Waals surface area contributed by atoms with Crippen molar-refractivity contribution in [3.05, 3.63) is 57.8 Å². The zero-order chi connectivity index (χ0) is 18.5. The largest absolute Gasteiger partial charge is 0.347 e. The Balaban J connectivity index is 1.61. The molecule has 138 valence electrons. The standard InChI is InChI=1S/C20H25N3O2S/c1-14(21)17-5-2-3-11-23(17)20(25)16-9-7-15(8-10-16)13-22-19(24)18-6-4-12-26-18/h4,6-10,12,14,17H,2-3,5,11,13,21H2,1H3,(H,22,24). The number of nitrogens with one attached hydrogen (secondary N) is 1. The summed E-state index contributed by atoms with van der Waals surface area (Å²) in [5, 5.41) is 4.78. The summed E-state index contributed by atoms with van der Waals surface area (Å²) in [6.07, 6.45) is 3.12. The van der Waals surface area contributed by atoms with E-state index in [-0.39, 0.29) is 23.9 Å². The number of nitrogens with two attached hydrogens (primary N) is 1. The van der Waals surface area contributed by atoms with Crippen LogP contribution in [0.2, 0.25) is 0 Å². The number of benzene rings is 1. The van der Waals surface area contributed by atoms with Gasteiger partial charge in [0.2, 0.25) is 0 Å². The fourth-order valence-corrected chi connectivity index (χ4v) is 4.00. The van der Waals surface area contributed by atoms with Crippen LogP contribution in [-0.2, 0) is 6.54 Å². The molecule has 1 aliphatic rings. The van der Waals surface area contributed by atoms with Gasteiger partial charge in [0.15, 0.2) is 0 Å². The number of hydrogen-bond donors (Lipinski definition) is 2. The SMILES string of the molecule is CC(N)C1CCCCN1C(=O)c1ccc(CNC(=O)c2cccs2)cc1. The Morgan fingerprint density at radius 2 is 2.04 bits per heavy atom. The molecular weight excluding hydrogens is 346 g/mol. The lowest BCUT2D eigenvalue weighted by Crippen LogP contribution is -2.51. The molecule has 2 unspecified atom stereocenters. The van der Waals surface area contributed by atoms with Crippen LogP contribution >= 0.6 is 11.3 Å². The van der Waals surface area contributed by atoms with E-state index in [1.54, 1.807) is 6.07 Å². The van der Waals surface area contributed by atoms with Crippen LogP contribution in [-0.4, -0.2) is 35.3 Å². The zero-order valence-corrected chi connectivity index (χ0v) is 15.8. The van der Waals surface area contributed by atoms with Crippen LogP contribution < -0.4 is 11.1 Å². The van der Waals surface area contributed by atoms with Crippen molar-refractivity contribution in [2.45, 2.75) is 44.8 Å². The molecule has 3 N–H and O–H groups in total. The molecule has 0 bridgehead atoms. The van der Waals surface area contributed by atoms with Gasteiger partial charge >= 0.3 is 0 Å². The Labute approximate surface area is 158 Å². The van der Waals surface area contributed by atoms with Gasteiger partial charge in [0.05, 0.1) is 4.88 Å². The fourth-order valence-electron chi connectivity index (χ4n) is 3.36. The van der Waals surface area contributed by atoms with Gasteiger partial charge in [-0.2, -0.15) is 0 Å². The van der Waals surface area contributed by atoms with Crippen molar-refractivity contribution in [2.24, 2.45) is 5.73 Å². The van der Waals surface area contributed by atoms with E-state index < -0.39 is 0 Å². The van der Waals surface area contributed by atoms with E-state index in [1.165, 1.54) is 11.3 Å². The van der Waals surface area contributed by atoms with Crippen LogP contribution in [0.5, 0.6) is 0 Å². The number of thiophene rings is 1. The number of piperidine rings is 1. The fraction of sp³-hybridized carbons (Fsp3) is 0.400. The van der Waals surface area contributed by atoms with Gasteiger partial charge in [0.1, 0.15) is 0 Å². The Bertz CT molecular complexity index is 741. The highest BCUT2D eigenvalue weighted by molar-refractivity contribution is 7.12. The van der Waals surface area contributed by atoms with Crippen LogP contribution in [0.3, 0.4) is 0 Å². The molecule has 2 amide bonds. The summed E-state index contributed by atoms with van der Waals surface area (Å²) in [5.74, 6) is -0.0329. The molecule has 6 heteroatoms. The van der Waals surface area contributed by atoms with Gasteiger partial charge in [-0.05, 0) is 55.3 Å². The number of likely N-dealkylation sites (tertiary alicyclic amines) is 1. The molecule has 1 saturated heterocycles. The highest BCUT2D eigenvalue weighted by Crippen LogP contribution is 2.21. The normalized spacial score (nSPS) is 18.4. The van der Waals surface area contributed by atoms with Crippen LogP contribution in [0.15, 0.2) is 41.8 Å². The summed E-state index contributed by atoms with van der Waals surface area (Å²) < 4.78 is 0. The van der Waals surface area contributed by atoms with E-state index in [9.17, 15) is 9.59 Å². The van der Waals surface area contributed by atoms with Crippen molar-refractivity contribution < 1.29 is 9.59 Å². The Hall–Kier alpha value is -2.18. The maximum Gasteiger partial charge on any atom is 0.261 e. The number of nitrogens with zero attached hydrogens (tertiary/aromatic N) is 1. The quantitative estimate of drug-likeness (QED) is 0.848. The average molecular weight is 372 g/mol. The summed E-state index contributed by atoms with van der Waals surface area (Å²) in [5.41, 5.74) is 7.71. The lowest BCUT2D eigenvalue weighted by Gasteiger charge is -2.38. The van der Waals surface area contributed by atoms with E-state index in [4.69, 9.17) is 5.73 Å². The van der Waals surface area contributed by atoms with Crippen LogP contribution in [0.4, 0.5) is 0 Å². The summed E-state index contributed by atoms with van der Waals surface area (Å²) in [4.78, 5) is 27.5. The molecule has 1 aromatic carbocycles. The second-order valence-electron chi connectivity index (χ2n) is 6.78. The summed E-state index contributed by atoms with van der Waals surface area (Å²) in [6, 6.07) is 11.2. The first-order valence-electron chi connectivity index (χ1n) is 9.03. The van der Waals surface area contributed by atoms with Crippen molar-refractivity contribution in [3.63, 3.8) is 0 Å². The first-order chi connectivity index (χ1) is 12.6. The minimum atomic E-state index is -0.0757. The third-order valence-corrected chi connectivity index (χ3v) is 5.68. The smallest absolute Gasteiger partial charge is 0.261 e. The zero-order valence-electron chi connectivity index (χ0n) is 15.0. The molecule has 3 rings (SSSR count). The maximum absolute atomic E-state index is 12.8. The van der Waals surface area contributed by atoms with Gasteiger partial charge in [-0.3, -0.25) is 9.59 Å². The minimum absolute atomic E-state index is 0.0222. The second-order valence-corrected chi connectivity index (χ2v) is 7.73. The monoisotopic (exact) mass is 371 g/mol. The first kappa shape index (κ1) is 18.6. The van der Waals surface area contributed by atoms with E-state index in [2.05, 4.69) is 5.32 Å². The summed E-state index contributed by atoms with van der Waals surface area (Å²) in [7, 11) is 0. The summed E-state index contributed by atoms with van der Waals surface area (Å²) in [6.45, 7) is 3.18. The molecular formula is C20H25N3O2S. The Kier molecular flexibility index (Phi) is 6.06. The molecule has 0 aliphatic carbocycles. The summed E-state index contributed by atoms with van der Waals surface area (Å²) >= 11 is 1.42. The van der Waals surface area contributed by atoms with Crippen molar-refractivity contribution >= 4 is 23.2 Å². The molecule has 2 heterocycles. The average Bonchev–Trinajstić information content (AvgIpc) is 3.21. The maximum atomic E-state index is 12.8. The Morgan fingerprint density at radius 1 is 1.27 bits per heavy atom. The minimum Gasteiger partial charge on any atom is -0.347 e. The third-order valence-electron chi connectivity index (χ3n) is 4.82. The van der Waals surface area contributed by atoms with Crippen molar-refractivity contribution in [1.82, 2.24) is 10.2 Å². The lowest BCUT2D eigenvalue weighted by molar-refractivity contribution is 0.0583. The molecule has 1 aliphatic heterocycles. The van der Waals surface area contributed by atoms with Crippen LogP contribution in [0.25, 0.3) is 0 Å². The number of rotatable bonds is 5. The van der Waals surface area contributed by atoms with Crippen molar-refractivity contribution in [1.29, 1.82) is 0 Å². The molecule has 0 saturated carbocycles. The predicted octanol–water partition coefficient (Wildman–Crippen LogP) is 3.02. The van der Waals surface area contributed by atoms with Crippen LogP contribution in [0, 0.1) is 0 Å². The molecule has 1 aromatic heterocycles. The van der Waals surface area contributed by atoms with E-state index in [0.717, 1.165) is 31.4 Å². The first-order valence-corrected chi connectivity index (χ1v) is 9.91. The molecule has 0 radical (unpaired) electrons. The van der Waals surface area contributed by atoms with E-state index >= 15 is 0 Å². The van der Waals surface area contributed by atoms with E-state index in [1.807, 2.05) is 47.5 Å². The van der Waals surface area contributed by atoms with Gasteiger partial charge in [-0.1, -0.05) is 18.2 Å². The molecule has 1 fully saturated rings. The van der Waals surface area contributed by atoms with Gasteiger partial charge in [-0.15, -0.1) is 11.3 Å². The number of carbonyl (C=O) groups is 2. The van der Waals surface area contributed by atoms with Crippen molar-refractivity contribution in [2.75, 3.05) is 6.54 Å². The van der Waals surface area contributed by atoms with E-state index in [0.29, 0.717) is 17.0 Å². The number of hydrogen-bond acceptors (Lipinski definition) is 4. The van der Waals surface area contributed by atoms with Gasteiger partial charge < -0.3 is 16.0 Å².